The summed E-state index contributed by atoms with van der Waals surface area (Å²) < 4.78 is 5.29. The number of nitrogen functional groups attached to an aromatic ring is 1. The lowest BCUT2D eigenvalue weighted by atomic mass is 10.1. The Hall–Kier alpha value is -1.55. The molecule has 0 saturated heterocycles. The molecule has 0 unspecified atom stereocenters. The van der Waals surface area contributed by atoms with Crippen molar-refractivity contribution in [1.82, 2.24) is 0 Å². The number of hydrogen-bond acceptors (Lipinski definition) is 4. The van der Waals surface area contributed by atoms with E-state index in [4.69, 9.17) is 10.5 Å². The number of ketones is 1. The van der Waals surface area contributed by atoms with Gasteiger partial charge in [-0.15, -0.1) is 0 Å². The van der Waals surface area contributed by atoms with E-state index in [2.05, 4.69) is 4.90 Å². The minimum atomic E-state index is -0.00832. The van der Waals surface area contributed by atoms with Crippen molar-refractivity contribution in [3.8, 4) is 0 Å². The molecular weight excluding hydrogens is 216 g/mol. The van der Waals surface area contributed by atoms with Gasteiger partial charge in [0.2, 0.25) is 0 Å². The average molecular weight is 236 g/mol. The quantitative estimate of drug-likeness (QED) is 0.466. The van der Waals surface area contributed by atoms with Crippen molar-refractivity contribution >= 4 is 17.2 Å². The molecule has 1 aromatic rings. The van der Waals surface area contributed by atoms with Gasteiger partial charge < -0.3 is 15.4 Å². The summed E-state index contributed by atoms with van der Waals surface area (Å²) in [6.45, 7) is 5.69. The predicted molar refractivity (Wildman–Crippen MR) is 70.6 cm³/mol. The molecule has 0 aliphatic rings. The third kappa shape index (κ3) is 3.75. The molecule has 0 aromatic heterocycles. The number of nitrogens with zero attached hydrogens (tertiary/aromatic N) is 1. The van der Waals surface area contributed by atoms with E-state index in [1.807, 2.05) is 26.1 Å². The molecule has 0 heterocycles. The molecule has 0 bridgehead atoms. The summed E-state index contributed by atoms with van der Waals surface area (Å²) in [5, 5.41) is 0. The van der Waals surface area contributed by atoms with E-state index < -0.39 is 0 Å². The fourth-order valence-corrected chi connectivity index (χ4v) is 1.58. The normalized spacial score (nSPS) is 10.3. The highest BCUT2D eigenvalue weighted by atomic mass is 16.5. The Morgan fingerprint density at radius 3 is 2.71 bits per heavy atom. The van der Waals surface area contributed by atoms with Crippen LogP contribution in [0.5, 0.6) is 0 Å². The van der Waals surface area contributed by atoms with E-state index in [0.29, 0.717) is 17.9 Å². The van der Waals surface area contributed by atoms with E-state index in [1.54, 1.807) is 6.07 Å². The zero-order valence-corrected chi connectivity index (χ0v) is 10.7. The molecule has 1 rings (SSSR count). The third-order valence-corrected chi connectivity index (χ3v) is 2.63. The van der Waals surface area contributed by atoms with Crippen LogP contribution in [0.25, 0.3) is 0 Å². The van der Waals surface area contributed by atoms with E-state index >= 15 is 0 Å². The number of carbonyl (C=O) groups is 1. The number of anilines is 2. The maximum Gasteiger partial charge on any atom is 0.161 e. The highest BCUT2D eigenvalue weighted by Gasteiger charge is 2.07. The first-order valence-electron chi connectivity index (χ1n) is 5.75. The van der Waals surface area contributed by atoms with Crippen LogP contribution in [0.1, 0.15) is 24.2 Å². The number of carbonyl (C=O) groups excluding carboxylic acids is 1. The lowest BCUT2D eigenvalue weighted by Crippen LogP contribution is -2.22. The second-order valence-corrected chi connectivity index (χ2v) is 3.95. The number of hydrogen-bond donors (Lipinski definition) is 1. The third-order valence-electron chi connectivity index (χ3n) is 2.63. The van der Waals surface area contributed by atoms with Gasteiger partial charge >= 0.3 is 0 Å². The predicted octanol–water partition coefficient (Wildman–Crippen LogP) is 1.94. The fourth-order valence-electron chi connectivity index (χ4n) is 1.58. The second kappa shape index (κ2) is 6.25. The zero-order chi connectivity index (χ0) is 12.8. The SMILES string of the molecule is CCOCCN(C)c1ccc(C(C)=O)c(N)c1. The van der Waals surface area contributed by atoms with Gasteiger partial charge in [-0.05, 0) is 32.0 Å². The summed E-state index contributed by atoms with van der Waals surface area (Å²) in [5.41, 5.74) is 7.93. The van der Waals surface area contributed by atoms with Crippen molar-refractivity contribution in [2.24, 2.45) is 0 Å². The molecule has 17 heavy (non-hydrogen) atoms. The summed E-state index contributed by atoms with van der Waals surface area (Å²) in [5.74, 6) is -0.00832. The van der Waals surface area contributed by atoms with E-state index in [9.17, 15) is 4.79 Å². The van der Waals surface area contributed by atoms with Gasteiger partial charge in [0.25, 0.3) is 0 Å². The van der Waals surface area contributed by atoms with Crippen molar-refractivity contribution in [3.63, 3.8) is 0 Å². The van der Waals surface area contributed by atoms with Crippen molar-refractivity contribution in [1.29, 1.82) is 0 Å². The first-order valence-corrected chi connectivity index (χ1v) is 5.75. The zero-order valence-electron chi connectivity index (χ0n) is 10.7. The molecule has 0 atom stereocenters. The van der Waals surface area contributed by atoms with Gasteiger partial charge in [0.1, 0.15) is 0 Å². The Labute approximate surface area is 102 Å². The average Bonchev–Trinajstić information content (AvgIpc) is 2.28. The number of ether oxygens (including phenoxy) is 1. The lowest BCUT2D eigenvalue weighted by Gasteiger charge is -2.20. The van der Waals surface area contributed by atoms with E-state index in [-0.39, 0.29) is 5.78 Å². The molecule has 0 amide bonds. The smallest absolute Gasteiger partial charge is 0.161 e. The first kappa shape index (κ1) is 13.5. The number of nitrogens with two attached hydrogens (primary N) is 1. The minimum Gasteiger partial charge on any atom is -0.398 e. The molecule has 4 heteroatoms. The van der Waals surface area contributed by atoms with Gasteiger partial charge in [0, 0.05) is 37.1 Å². The molecule has 0 aliphatic carbocycles. The molecule has 0 saturated carbocycles. The number of rotatable bonds is 6. The standard InChI is InChI=1S/C13H20N2O2/c1-4-17-8-7-15(3)11-5-6-12(10(2)16)13(14)9-11/h5-6,9H,4,7-8,14H2,1-3H3. The first-order chi connectivity index (χ1) is 8.06. The Morgan fingerprint density at radius 2 is 2.18 bits per heavy atom. The molecule has 2 N–H and O–H groups in total. The van der Waals surface area contributed by atoms with Crippen LogP contribution in [0.3, 0.4) is 0 Å². The van der Waals surface area contributed by atoms with Crippen LogP contribution >= 0.6 is 0 Å². The number of Topliss-reactive ketones (excluding diaryl/α,β-unsaturated/α-hetero) is 1. The van der Waals surface area contributed by atoms with Crippen LogP contribution in [-0.4, -0.2) is 32.6 Å². The Bertz CT molecular complexity index is 391. The largest absolute Gasteiger partial charge is 0.398 e. The monoisotopic (exact) mass is 236 g/mol. The summed E-state index contributed by atoms with van der Waals surface area (Å²) in [7, 11) is 1.97. The topological polar surface area (TPSA) is 55.6 Å². The Morgan fingerprint density at radius 1 is 1.47 bits per heavy atom. The molecule has 0 aliphatic heterocycles. The van der Waals surface area contributed by atoms with E-state index in [0.717, 1.165) is 18.8 Å². The van der Waals surface area contributed by atoms with Gasteiger partial charge in [0.05, 0.1) is 6.61 Å². The van der Waals surface area contributed by atoms with Gasteiger partial charge in [0.15, 0.2) is 5.78 Å². The summed E-state index contributed by atoms with van der Waals surface area (Å²) >= 11 is 0. The van der Waals surface area contributed by atoms with Crippen LogP contribution in [0.2, 0.25) is 0 Å². The van der Waals surface area contributed by atoms with Crippen LogP contribution in [0.15, 0.2) is 18.2 Å². The van der Waals surface area contributed by atoms with Crippen LogP contribution in [0.4, 0.5) is 11.4 Å². The minimum absolute atomic E-state index is 0.00832. The molecule has 0 radical (unpaired) electrons. The molecule has 0 fully saturated rings. The van der Waals surface area contributed by atoms with Crippen molar-refractivity contribution in [2.45, 2.75) is 13.8 Å². The van der Waals surface area contributed by atoms with Gasteiger partial charge in [-0.3, -0.25) is 4.79 Å². The lowest BCUT2D eigenvalue weighted by molar-refractivity contribution is 0.101. The molecule has 0 spiro atoms. The fraction of sp³-hybridized carbons (Fsp3) is 0.462. The molecular formula is C13H20N2O2. The number of benzene rings is 1. The molecule has 1 aromatic carbocycles. The van der Waals surface area contributed by atoms with Crippen LogP contribution in [0, 0.1) is 0 Å². The summed E-state index contributed by atoms with van der Waals surface area (Å²) in [6, 6.07) is 5.49. The Balaban J connectivity index is 2.72. The maximum absolute atomic E-state index is 11.2. The van der Waals surface area contributed by atoms with Crippen molar-refractivity contribution < 1.29 is 9.53 Å². The van der Waals surface area contributed by atoms with Crippen molar-refractivity contribution in [3.05, 3.63) is 23.8 Å². The van der Waals surface area contributed by atoms with Crippen LogP contribution < -0.4 is 10.6 Å². The highest BCUT2D eigenvalue weighted by molar-refractivity contribution is 5.99. The van der Waals surface area contributed by atoms with Gasteiger partial charge in [-0.25, -0.2) is 0 Å². The molecule has 94 valence electrons. The van der Waals surface area contributed by atoms with Gasteiger partial charge in [-0.1, -0.05) is 0 Å². The van der Waals surface area contributed by atoms with Crippen LogP contribution in [-0.2, 0) is 4.74 Å². The summed E-state index contributed by atoms with van der Waals surface area (Å²) in [6.07, 6.45) is 0. The Kier molecular flexibility index (Phi) is 4.97. The van der Waals surface area contributed by atoms with Gasteiger partial charge in [-0.2, -0.15) is 0 Å². The molecule has 4 nitrogen and oxygen atoms in total. The van der Waals surface area contributed by atoms with E-state index in [1.165, 1.54) is 6.92 Å². The summed E-state index contributed by atoms with van der Waals surface area (Å²) in [4.78, 5) is 13.3. The second-order valence-electron chi connectivity index (χ2n) is 3.95. The number of likely N-dealkylation sites (N-methyl/N-ethyl adjacent to an activating group) is 1. The van der Waals surface area contributed by atoms with Crippen molar-refractivity contribution in [2.75, 3.05) is 37.4 Å². The maximum atomic E-state index is 11.2. The highest BCUT2D eigenvalue weighted by Crippen LogP contribution is 2.20.